The Kier molecular flexibility index (Phi) is 4.23. The lowest BCUT2D eigenvalue weighted by Crippen LogP contribution is -2.01. The lowest BCUT2D eigenvalue weighted by molar-refractivity contribution is 0.112. The van der Waals surface area contributed by atoms with E-state index in [0.29, 0.717) is 17.2 Å². The van der Waals surface area contributed by atoms with Gasteiger partial charge < -0.3 is 4.74 Å². The monoisotopic (exact) mass is 274 g/mol. The molecular formula is C16H15ClO2. The fraction of sp³-hybridized carbons (Fsp3) is 0.188. The van der Waals surface area contributed by atoms with E-state index in [-0.39, 0.29) is 0 Å². The number of rotatable bonds is 4. The van der Waals surface area contributed by atoms with Crippen molar-refractivity contribution in [2.24, 2.45) is 0 Å². The highest BCUT2D eigenvalue weighted by atomic mass is 35.5. The van der Waals surface area contributed by atoms with Crippen LogP contribution in [0.5, 0.6) is 5.75 Å². The first-order valence-corrected chi connectivity index (χ1v) is 6.41. The van der Waals surface area contributed by atoms with E-state index < -0.39 is 0 Å². The number of aryl methyl sites for hydroxylation is 2. The minimum absolute atomic E-state index is 0.357. The van der Waals surface area contributed by atoms with Gasteiger partial charge >= 0.3 is 0 Å². The lowest BCUT2D eigenvalue weighted by atomic mass is 10.1. The number of hydrogen-bond donors (Lipinski definition) is 0. The van der Waals surface area contributed by atoms with Crippen molar-refractivity contribution in [2.75, 3.05) is 0 Å². The summed E-state index contributed by atoms with van der Waals surface area (Å²) in [5.74, 6) is 0.840. The molecule has 0 bridgehead atoms. The number of aldehydes is 1. The van der Waals surface area contributed by atoms with E-state index in [9.17, 15) is 4.79 Å². The molecule has 0 radical (unpaired) electrons. The summed E-state index contributed by atoms with van der Waals surface area (Å²) in [4.78, 5) is 11.0. The van der Waals surface area contributed by atoms with Crippen LogP contribution in [-0.4, -0.2) is 6.29 Å². The zero-order chi connectivity index (χ0) is 13.8. The van der Waals surface area contributed by atoms with E-state index in [1.165, 1.54) is 0 Å². The second kappa shape index (κ2) is 5.89. The average molecular weight is 275 g/mol. The van der Waals surface area contributed by atoms with E-state index >= 15 is 0 Å². The lowest BCUT2D eigenvalue weighted by Gasteiger charge is -2.11. The first-order chi connectivity index (χ1) is 9.10. The topological polar surface area (TPSA) is 26.3 Å². The SMILES string of the molecule is Cc1ccc(C)c(OCc2ccc(Cl)cc2C=O)c1. The molecule has 0 heterocycles. The molecule has 2 aromatic rings. The van der Waals surface area contributed by atoms with Gasteiger partial charge in [-0.25, -0.2) is 0 Å². The Bertz CT molecular complexity index is 606. The molecule has 2 aromatic carbocycles. The van der Waals surface area contributed by atoms with Crippen molar-refractivity contribution in [1.82, 2.24) is 0 Å². The van der Waals surface area contributed by atoms with Crippen LogP contribution in [0.3, 0.4) is 0 Å². The molecule has 0 N–H and O–H groups in total. The van der Waals surface area contributed by atoms with Crippen LogP contribution < -0.4 is 4.74 Å². The Hall–Kier alpha value is -1.80. The summed E-state index contributed by atoms with van der Waals surface area (Å²) in [6.07, 6.45) is 0.799. The fourth-order valence-corrected chi connectivity index (χ4v) is 2.01. The normalized spacial score (nSPS) is 10.3. The van der Waals surface area contributed by atoms with Gasteiger partial charge in [0.1, 0.15) is 12.4 Å². The predicted molar refractivity (Wildman–Crippen MR) is 77.1 cm³/mol. The predicted octanol–water partition coefficient (Wildman–Crippen LogP) is 4.35. The molecule has 0 aromatic heterocycles. The summed E-state index contributed by atoms with van der Waals surface area (Å²) >= 11 is 5.86. The van der Waals surface area contributed by atoms with Gasteiger partial charge in [-0.2, -0.15) is 0 Å². The highest BCUT2D eigenvalue weighted by Gasteiger charge is 2.05. The summed E-state index contributed by atoms with van der Waals surface area (Å²) in [6.45, 7) is 4.37. The fourth-order valence-electron chi connectivity index (χ4n) is 1.83. The molecule has 0 spiro atoms. The van der Waals surface area contributed by atoms with Crippen LogP contribution in [0.1, 0.15) is 27.0 Å². The van der Waals surface area contributed by atoms with Gasteiger partial charge in [0.05, 0.1) is 0 Å². The number of hydrogen-bond acceptors (Lipinski definition) is 2. The van der Waals surface area contributed by atoms with Gasteiger partial charge in [-0.1, -0.05) is 29.8 Å². The zero-order valence-corrected chi connectivity index (χ0v) is 11.7. The Morgan fingerprint density at radius 1 is 1.16 bits per heavy atom. The number of carbonyl (C=O) groups excluding carboxylic acids is 1. The van der Waals surface area contributed by atoms with E-state index in [0.717, 1.165) is 28.7 Å². The molecule has 19 heavy (non-hydrogen) atoms. The standard InChI is InChI=1S/C16H15ClO2/c1-11-3-4-12(2)16(7-11)19-10-13-5-6-15(17)8-14(13)9-18/h3-9H,10H2,1-2H3. The van der Waals surface area contributed by atoms with E-state index in [1.54, 1.807) is 12.1 Å². The summed E-state index contributed by atoms with van der Waals surface area (Å²) in [5, 5.41) is 0.553. The van der Waals surface area contributed by atoms with Crippen molar-refractivity contribution < 1.29 is 9.53 Å². The minimum Gasteiger partial charge on any atom is -0.489 e. The van der Waals surface area contributed by atoms with Crippen LogP contribution in [0.2, 0.25) is 5.02 Å². The first kappa shape index (κ1) is 13.6. The molecule has 0 saturated carbocycles. The van der Waals surface area contributed by atoms with E-state index in [4.69, 9.17) is 16.3 Å². The van der Waals surface area contributed by atoms with Crippen LogP contribution in [0.4, 0.5) is 0 Å². The Balaban J connectivity index is 2.18. The van der Waals surface area contributed by atoms with Crippen LogP contribution in [0.25, 0.3) is 0 Å². The maximum atomic E-state index is 11.0. The van der Waals surface area contributed by atoms with Gasteiger partial charge in [-0.15, -0.1) is 0 Å². The average Bonchev–Trinajstić information content (AvgIpc) is 2.40. The molecule has 0 atom stereocenters. The molecule has 2 nitrogen and oxygen atoms in total. The summed E-state index contributed by atoms with van der Waals surface area (Å²) < 4.78 is 5.78. The molecule has 3 heteroatoms. The maximum Gasteiger partial charge on any atom is 0.150 e. The van der Waals surface area contributed by atoms with Crippen molar-refractivity contribution in [3.63, 3.8) is 0 Å². The summed E-state index contributed by atoms with van der Waals surface area (Å²) in [6, 6.07) is 11.3. The minimum atomic E-state index is 0.357. The highest BCUT2D eigenvalue weighted by molar-refractivity contribution is 6.30. The highest BCUT2D eigenvalue weighted by Crippen LogP contribution is 2.22. The van der Waals surface area contributed by atoms with Crippen molar-refractivity contribution in [2.45, 2.75) is 20.5 Å². The molecule has 0 fully saturated rings. The second-order valence-electron chi connectivity index (χ2n) is 4.52. The quantitative estimate of drug-likeness (QED) is 0.775. The van der Waals surface area contributed by atoms with Crippen LogP contribution in [0, 0.1) is 13.8 Å². The number of ether oxygens (including phenoxy) is 1. The third-order valence-corrected chi connectivity index (χ3v) is 3.20. The smallest absolute Gasteiger partial charge is 0.150 e. The van der Waals surface area contributed by atoms with Crippen molar-refractivity contribution in [3.05, 3.63) is 63.7 Å². The van der Waals surface area contributed by atoms with Gasteiger partial charge in [0.25, 0.3) is 0 Å². The number of carbonyl (C=O) groups is 1. The largest absolute Gasteiger partial charge is 0.489 e. The molecule has 98 valence electrons. The molecular weight excluding hydrogens is 260 g/mol. The molecule has 2 rings (SSSR count). The first-order valence-electron chi connectivity index (χ1n) is 6.04. The third-order valence-electron chi connectivity index (χ3n) is 2.96. The molecule has 0 aliphatic rings. The molecule has 0 unspecified atom stereocenters. The zero-order valence-electron chi connectivity index (χ0n) is 10.9. The van der Waals surface area contributed by atoms with E-state index in [1.807, 2.05) is 38.1 Å². The molecule has 0 saturated heterocycles. The molecule has 0 aliphatic heterocycles. The van der Waals surface area contributed by atoms with Crippen molar-refractivity contribution in [3.8, 4) is 5.75 Å². The Morgan fingerprint density at radius 3 is 2.68 bits per heavy atom. The van der Waals surface area contributed by atoms with Crippen LogP contribution in [-0.2, 0) is 6.61 Å². The Morgan fingerprint density at radius 2 is 1.95 bits per heavy atom. The van der Waals surface area contributed by atoms with Crippen LogP contribution in [0.15, 0.2) is 36.4 Å². The molecule has 0 aliphatic carbocycles. The van der Waals surface area contributed by atoms with Gasteiger partial charge in [0.2, 0.25) is 0 Å². The maximum absolute atomic E-state index is 11.0. The number of halogens is 1. The van der Waals surface area contributed by atoms with Gasteiger partial charge in [0, 0.05) is 10.6 Å². The molecule has 0 amide bonds. The van der Waals surface area contributed by atoms with Gasteiger partial charge in [0.15, 0.2) is 6.29 Å². The number of benzene rings is 2. The summed E-state index contributed by atoms with van der Waals surface area (Å²) in [7, 11) is 0. The van der Waals surface area contributed by atoms with Crippen LogP contribution >= 0.6 is 11.6 Å². The van der Waals surface area contributed by atoms with Gasteiger partial charge in [-0.3, -0.25) is 4.79 Å². The van der Waals surface area contributed by atoms with Crippen molar-refractivity contribution >= 4 is 17.9 Å². The van der Waals surface area contributed by atoms with E-state index in [2.05, 4.69) is 0 Å². The Labute approximate surface area is 118 Å². The van der Waals surface area contributed by atoms with Crippen molar-refractivity contribution in [1.29, 1.82) is 0 Å². The van der Waals surface area contributed by atoms with Gasteiger partial charge in [-0.05, 0) is 48.7 Å². The summed E-state index contributed by atoms with van der Waals surface area (Å²) in [5.41, 5.74) is 3.62. The second-order valence-corrected chi connectivity index (χ2v) is 4.96. The third kappa shape index (κ3) is 3.36.